The van der Waals surface area contributed by atoms with Crippen molar-refractivity contribution in [3.05, 3.63) is 35.1 Å². The lowest BCUT2D eigenvalue weighted by atomic mass is 10.00. The highest BCUT2D eigenvalue weighted by atomic mass is 19.1. The smallest absolute Gasteiger partial charge is 0.335 e. The summed E-state index contributed by atoms with van der Waals surface area (Å²) in [4.78, 5) is 21.9. The Morgan fingerprint density at radius 1 is 1.30 bits per heavy atom. The van der Waals surface area contributed by atoms with E-state index >= 15 is 0 Å². The predicted molar refractivity (Wildman–Crippen MR) is 65.6 cm³/mol. The van der Waals surface area contributed by atoms with Crippen LogP contribution < -0.4 is 0 Å². The second-order valence-electron chi connectivity index (χ2n) is 4.10. The number of halogens is 1. The van der Waals surface area contributed by atoms with Gasteiger partial charge < -0.3 is 20.1 Å². The van der Waals surface area contributed by atoms with E-state index in [9.17, 15) is 24.2 Å². The number of aromatic carboxylic acids is 1. The van der Waals surface area contributed by atoms with Gasteiger partial charge in [-0.2, -0.15) is 0 Å². The van der Waals surface area contributed by atoms with Crippen LogP contribution in [0.3, 0.4) is 0 Å². The maximum absolute atomic E-state index is 13.2. The third-order valence-electron chi connectivity index (χ3n) is 2.55. The minimum absolute atomic E-state index is 0.126. The molecule has 0 amide bonds. The van der Waals surface area contributed by atoms with Crippen molar-refractivity contribution >= 4 is 11.9 Å². The lowest BCUT2D eigenvalue weighted by molar-refractivity contribution is -0.147. The number of rotatable bonds is 6. The fraction of sp³-hybridized carbons (Fsp3) is 0.385. The minimum Gasteiger partial charge on any atom is -0.478 e. The van der Waals surface area contributed by atoms with E-state index in [0.29, 0.717) is 0 Å². The largest absolute Gasteiger partial charge is 0.478 e. The normalized spacial score (nSPS) is 13.6. The van der Waals surface area contributed by atoms with Gasteiger partial charge in [-0.1, -0.05) is 0 Å². The monoisotopic (exact) mass is 286 g/mol. The molecule has 0 aromatic heterocycles. The van der Waals surface area contributed by atoms with Crippen LogP contribution in [0.25, 0.3) is 0 Å². The molecule has 7 heteroatoms. The van der Waals surface area contributed by atoms with E-state index in [0.717, 1.165) is 18.2 Å². The molecule has 0 saturated heterocycles. The molecular formula is C13H15FO6. The van der Waals surface area contributed by atoms with Gasteiger partial charge in [0.1, 0.15) is 11.9 Å². The Bertz CT molecular complexity index is 502. The molecule has 0 fully saturated rings. The predicted octanol–water partition coefficient (Wildman–Crippen LogP) is 0.871. The Hall–Kier alpha value is -1.99. The van der Waals surface area contributed by atoms with Crippen molar-refractivity contribution in [3.63, 3.8) is 0 Å². The zero-order chi connectivity index (χ0) is 15.3. The van der Waals surface area contributed by atoms with Crippen LogP contribution in [0.2, 0.25) is 0 Å². The summed E-state index contributed by atoms with van der Waals surface area (Å²) in [6, 6.07) is 2.71. The SMILES string of the molecule is CCOC(=O)CC(O)C(O)c1cc(F)cc(C(=O)O)c1. The molecule has 1 aromatic carbocycles. The van der Waals surface area contributed by atoms with Gasteiger partial charge in [0.25, 0.3) is 0 Å². The summed E-state index contributed by atoms with van der Waals surface area (Å²) in [5, 5.41) is 28.3. The number of hydrogen-bond donors (Lipinski definition) is 3. The van der Waals surface area contributed by atoms with Gasteiger partial charge in [-0.25, -0.2) is 9.18 Å². The summed E-state index contributed by atoms with van der Waals surface area (Å²) in [6.07, 6.45) is -3.58. The lowest BCUT2D eigenvalue weighted by Gasteiger charge is -2.18. The molecule has 0 aliphatic heterocycles. The Kier molecular flexibility index (Phi) is 5.60. The molecule has 0 aliphatic rings. The van der Waals surface area contributed by atoms with E-state index < -0.39 is 36.4 Å². The molecule has 0 saturated carbocycles. The summed E-state index contributed by atoms with van der Waals surface area (Å²) >= 11 is 0. The topological polar surface area (TPSA) is 104 Å². The molecular weight excluding hydrogens is 271 g/mol. The lowest BCUT2D eigenvalue weighted by Crippen LogP contribution is -2.23. The van der Waals surface area contributed by atoms with Gasteiger partial charge in [0, 0.05) is 0 Å². The average Bonchev–Trinajstić information content (AvgIpc) is 2.37. The van der Waals surface area contributed by atoms with Crippen LogP contribution >= 0.6 is 0 Å². The van der Waals surface area contributed by atoms with Crippen LogP contribution in [-0.4, -0.2) is 40.0 Å². The molecule has 110 valence electrons. The Morgan fingerprint density at radius 2 is 1.95 bits per heavy atom. The first-order chi connectivity index (χ1) is 9.35. The van der Waals surface area contributed by atoms with Crippen molar-refractivity contribution in [1.82, 2.24) is 0 Å². The molecule has 2 unspecified atom stereocenters. The molecule has 0 bridgehead atoms. The van der Waals surface area contributed by atoms with Crippen LogP contribution in [0, 0.1) is 5.82 Å². The summed E-state index contributed by atoms with van der Waals surface area (Å²) in [5.74, 6) is -2.94. The van der Waals surface area contributed by atoms with E-state index in [4.69, 9.17) is 5.11 Å². The zero-order valence-electron chi connectivity index (χ0n) is 10.7. The minimum atomic E-state index is -1.59. The molecule has 0 radical (unpaired) electrons. The molecule has 3 N–H and O–H groups in total. The Labute approximate surface area is 114 Å². The summed E-state index contributed by atoms with van der Waals surface area (Å²) in [7, 11) is 0. The van der Waals surface area contributed by atoms with Crippen LogP contribution in [0.4, 0.5) is 4.39 Å². The van der Waals surface area contributed by atoms with Crippen molar-refractivity contribution in [2.24, 2.45) is 0 Å². The van der Waals surface area contributed by atoms with E-state index in [1.54, 1.807) is 6.92 Å². The number of ether oxygens (including phenoxy) is 1. The number of carboxylic acids is 1. The molecule has 0 heterocycles. The third-order valence-corrected chi connectivity index (χ3v) is 2.55. The molecule has 20 heavy (non-hydrogen) atoms. The third kappa shape index (κ3) is 4.29. The summed E-state index contributed by atoms with van der Waals surface area (Å²) < 4.78 is 17.9. The van der Waals surface area contributed by atoms with E-state index in [2.05, 4.69) is 4.74 Å². The van der Waals surface area contributed by atoms with E-state index in [1.165, 1.54) is 0 Å². The summed E-state index contributed by atoms with van der Waals surface area (Å²) in [6.45, 7) is 1.72. The van der Waals surface area contributed by atoms with Gasteiger partial charge in [0.2, 0.25) is 0 Å². The van der Waals surface area contributed by atoms with Gasteiger partial charge >= 0.3 is 11.9 Å². The summed E-state index contributed by atoms with van der Waals surface area (Å²) in [5.41, 5.74) is -0.485. The van der Waals surface area contributed by atoms with Crippen molar-refractivity contribution < 1.29 is 34.0 Å². The van der Waals surface area contributed by atoms with Gasteiger partial charge in [-0.15, -0.1) is 0 Å². The molecule has 0 aliphatic carbocycles. The molecule has 1 rings (SSSR count). The van der Waals surface area contributed by atoms with Gasteiger partial charge in [0.05, 0.1) is 24.7 Å². The number of carboxylic acid groups (broad SMARTS) is 1. The van der Waals surface area contributed by atoms with E-state index in [1.807, 2.05) is 0 Å². The van der Waals surface area contributed by atoms with Crippen LogP contribution in [0.15, 0.2) is 18.2 Å². The number of aliphatic hydroxyl groups is 2. The molecule has 0 spiro atoms. The second-order valence-corrected chi connectivity index (χ2v) is 4.10. The Morgan fingerprint density at radius 3 is 2.50 bits per heavy atom. The quantitative estimate of drug-likeness (QED) is 0.670. The highest BCUT2D eigenvalue weighted by Gasteiger charge is 2.23. The number of aliphatic hydroxyl groups excluding tert-OH is 2. The first-order valence-electron chi connectivity index (χ1n) is 5.90. The zero-order valence-corrected chi connectivity index (χ0v) is 10.7. The number of benzene rings is 1. The van der Waals surface area contributed by atoms with Crippen LogP contribution in [0.1, 0.15) is 35.4 Å². The number of carbonyl (C=O) groups excluding carboxylic acids is 1. The fourth-order valence-electron chi connectivity index (χ4n) is 1.63. The molecule has 1 aromatic rings. The number of carbonyl (C=O) groups is 2. The number of esters is 1. The second kappa shape index (κ2) is 6.97. The first kappa shape index (κ1) is 16.1. The average molecular weight is 286 g/mol. The molecule has 2 atom stereocenters. The van der Waals surface area contributed by atoms with Gasteiger partial charge in [-0.05, 0) is 30.7 Å². The maximum Gasteiger partial charge on any atom is 0.335 e. The van der Waals surface area contributed by atoms with Gasteiger partial charge in [-0.3, -0.25) is 4.79 Å². The highest BCUT2D eigenvalue weighted by Crippen LogP contribution is 2.22. The standard InChI is InChI=1S/C13H15FO6/c1-2-20-11(16)6-10(15)12(17)7-3-8(13(18)19)5-9(14)4-7/h3-5,10,12,15,17H,2,6H2,1H3,(H,18,19). The van der Waals surface area contributed by atoms with Crippen molar-refractivity contribution in [1.29, 1.82) is 0 Å². The highest BCUT2D eigenvalue weighted by molar-refractivity contribution is 5.87. The van der Waals surface area contributed by atoms with Crippen LogP contribution in [-0.2, 0) is 9.53 Å². The van der Waals surface area contributed by atoms with Crippen molar-refractivity contribution in [2.75, 3.05) is 6.61 Å². The van der Waals surface area contributed by atoms with Crippen molar-refractivity contribution in [3.8, 4) is 0 Å². The van der Waals surface area contributed by atoms with Crippen molar-refractivity contribution in [2.45, 2.75) is 25.6 Å². The first-order valence-corrected chi connectivity index (χ1v) is 5.90. The Balaban J connectivity index is 2.88. The van der Waals surface area contributed by atoms with E-state index in [-0.39, 0.29) is 17.7 Å². The maximum atomic E-state index is 13.2. The fourth-order valence-corrected chi connectivity index (χ4v) is 1.63. The van der Waals surface area contributed by atoms with Gasteiger partial charge in [0.15, 0.2) is 0 Å². The van der Waals surface area contributed by atoms with Crippen LogP contribution in [0.5, 0.6) is 0 Å². The molecule has 6 nitrogen and oxygen atoms in total. The number of hydrogen-bond acceptors (Lipinski definition) is 5.